The standard InChI is InChI=1S/C14H34N4P2Si2/c1-21(2,3)17-19(15-11-7-8-12-15)18(22(4,5)6)20(17)16-13-9-10-14-16/h7-14H2,1-6H3. The Hall–Kier alpha value is 1.13. The lowest BCUT2D eigenvalue weighted by Gasteiger charge is -2.68. The Kier molecular flexibility index (Phi) is 5.26. The minimum absolute atomic E-state index is 0.147. The van der Waals surface area contributed by atoms with E-state index in [1.54, 1.807) is 0 Å². The van der Waals surface area contributed by atoms with Crippen LogP contribution < -0.4 is 0 Å². The van der Waals surface area contributed by atoms with Crippen molar-refractivity contribution in [3.8, 4) is 0 Å². The second kappa shape index (κ2) is 6.46. The van der Waals surface area contributed by atoms with Gasteiger partial charge in [0.05, 0.1) is 0 Å². The normalized spacial score (nSPS) is 33.5. The molecule has 8 heteroatoms. The Morgan fingerprint density at radius 1 is 0.545 bits per heavy atom. The van der Waals surface area contributed by atoms with Gasteiger partial charge in [-0.1, -0.05) is 39.3 Å². The van der Waals surface area contributed by atoms with E-state index in [4.69, 9.17) is 0 Å². The number of hydrogen-bond donors (Lipinski definition) is 0. The van der Waals surface area contributed by atoms with Gasteiger partial charge in [-0.3, -0.25) is 9.34 Å². The summed E-state index contributed by atoms with van der Waals surface area (Å²) in [7, 11) is -2.83. The van der Waals surface area contributed by atoms with Crippen molar-refractivity contribution in [1.29, 1.82) is 0 Å². The summed E-state index contributed by atoms with van der Waals surface area (Å²) < 4.78 is 11.9. The molecule has 3 aliphatic heterocycles. The molecular weight excluding hydrogens is 342 g/mol. The summed E-state index contributed by atoms with van der Waals surface area (Å²) in [5.74, 6) is 0. The Morgan fingerprint density at radius 3 is 1.05 bits per heavy atom. The summed E-state index contributed by atoms with van der Waals surface area (Å²) in [6, 6.07) is 0. The molecule has 0 saturated carbocycles. The van der Waals surface area contributed by atoms with Crippen LogP contribution in [0.25, 0.3) is 0 Å². The zero-order chi connectivity index (χ0) is 16.1. The van der Waals surface area contributed by atoms with Crippen LogP contribution in [0.15, 0.2) is 0 Å². The third-order valence-corrected chi connectivity index (χ3v) is 21.4. The average molecular weight is 377 g/mol. The van der Waals surface area contributed by atoms with Crippen LogP contribution in [-0.4, -0.2) is 60.2 Å². The van der Waals surface area contributed by atoms with Crippen molar-refractivity contribution in [2.75, 3.05) is 26.2 Å². The minimum atomic E-state index is -1.27. The van der Waals surface area contributed by atoms with Gasteiger partial charge < -0.3 is 0 Å². The van der Waals surface area contributed by atoms with E-state index in [2.05, 4.69) is 56.8 Å². The van der Waals surface area contributed by atoms with Crippen LogP contribution in [0.1, 0.15) is 25.7 Å². The van der Waals surface area contributed by atoms with Crippen LogP contribution in [0, 0.1) is 0 Å². The van der Waals surface area contributed by atoms with Gasteiger partial charge in [0, 0.05) is 26.2 Å². The molecule has 0 amide bonds. The first-order valence-corrected chi connectivity index (χ1v) is 18.2. The van der Waals surface area contributed by atoms with Crippen LogP contribution in [0.5, 0.6) is 0 Å². The summed E-state index contributed by atoms with van der Waals surface area (Å²) in [4.78, 5) is 0. The number of rotatable bonds is 4. The summed E-state index contributed by atoms with van der Waals surface area (Å²) in [5, 5.41) is 0. The van der Waals surface area contributed by atoms with E-state index in [1.165, 1.54) is 51.9 Å². The molecule has 3 fully saturated rings. The monoisotopic (exact) mass is 376 g/mol. The zero-order valence-electron chi connectivity index (χ0n) is 15.3. The maximum Gasteiger partial charge on any atom is 0.134 e. The van der Waals surface area contributed by atoms with Gasteiger partial charge >= 0.3 is 0 Å². The summed E-state index contributed by atoms with van der Waals surface area (Å²) in [6.45, 7) is 20.8. The third kappa shape index (κ3) is 3.28. The van der Waals surface area contributed by atoms with Gasteiger partial charge in [-0.15, -0.1) is 0 Å². The van der Waals surface area contributed by atoms with E-state index < -0.39 is 16.5 Å². The molecule has 0 aromatic rings. The molecule has 128 valence electrons. The van der Waals surface area contributed by atoms with Crippen molar-refractivity contribution in [2.24, 2.45) is 0 Å². The molecule has 3 rings (SSSR count). The Morgan fingerprint density at radius 2 is 0.818 bits per heavy atom. The fourth-order valence-electron chi connectivity index (χ4n) is 3.58. The van der Waals surface area contributed by atoms with Gasteiger partial charge in [0.2, 0.25) is 0 Å². The van der Waals surface area contributed by atoms with Crippen molar-refractivity contribution in [1.82, 2.24) is 17.6 Å². The van der Waals surface area contributed by atoms with Gasteiger partial charge in [0.25, 0.3) is 0 Å². The molecule has 0 aromatic heterocycles. The second-order valence-corrected chi connectivity index (χ2v) is 24.3. The Labute approximate surface area is 142 Å². The van der Waals surface area contributed by atoms with Crippen molar-refractivity contribution < 1.29 is 0 Å². The van der Waals surface area contributed by atoms with E-state index >= 15 is 0 Å². The predicted octanol–water partition coefficient (Wildman–Crippen LogP) is 4.92. The van der Waals surface area contributed by atoms with Crippen molar-refractivity contribution in [2.45, 2.75) is 65.0 Å². The van der Waals surface area contributed by atoms with Crippen LogP contribution in [-0.2, 0) is 0 Å². The lowest BCUT2D eigenvalue weighted by Crippen LogP contribution is -2.62. The Balaban J connectivity index is 1.91. The molecule has 4 nitrogen and oxygen atoms in total. The topological polar surface area (TPSA) is 13.0 Å². The van der Waals surface area contributed by atoms with Crippen molar-refractivity contribution >= 4 is 33.2 Å². The summed E-state index contributed by atoms with van der Waals surface area (Å²) >= 11 is 0. The Bertz CT molecular complexity index is 355. The molecule has 3 saturated heterocycles. The minimum Gasteiger partial charge on any atom is -0.258 e. The quantitative estimate of drug-likeness (QED) is 0.510. The van der Waals surface area contributed by atoms with E-state index in [9.17, 15) is 0 Å². The van der Waals surface area contributed by atoms with E-state index in [-0.39, 0.29) is 16.7 Å². The molecule has 0 bridgehead atoms. The average Bonchev–Trinajstić information content (AvgIpc) is 2.95. The molecule has 0 aliphatic carbocycles. The lowest BCUT2D eigenvalue weighted by atomic mass is 10.4. The second-order valence-electron chi connectivity index (χ2n) is 8.78. The predicted molar refractivity (Wildman–Crippen MR) is 106 cm³/mol. The highest BCUT2D eigenvalue weighted by Crippen LogP contribution is 2.82. The highest BCUT2D eigenvalue weighted by Gasteiger charge is 2.60. The van der Waals surface area contributed by atoms with Crippen LogP contribution in [0.4, 0.5) is 0 Å². The molecule has 3 heterocycles. The van der Waals surface area contributed by atoms with Gasteiger partial charge in [-0.2, -0.15) is 0 Å². The van der Waals surface area contributed by atoms with Gasteiger partial charge in [0.1, 0.15) is 33.2 Å². The first-order valence-electron chi connectivity index (χ1n) is 8.91. The van der Waals surface area contributed by atoms with E-state index in [1.807, 2.05) is 0 Å². The van der Waals surface area contributed by atoms with Gasteiger partial charge in [0.15, 0.2) is 0 Å². The smallest absolute Gasteiger partial charge is 0.134 e. The highest BCUT2D eigenvalue weighted by atomic mass is 31.3. The summed E-state index contributed by atoms with van der Waals surface area (Å²) in [6.07, 6.45) is 5.66. The molecule has 0 aromatic carbocycles. The van der Waals surface area contributed by atoms with Crippen LogP contribution >= 0.6 is 16.7 Å². The highest BCUT2D eigenvalue weighted by molar-refractivity contribution is 7.85. The molecule has 3 aliphatic rings. The lowest BCUT2D eigenvalue weighted by molar-refractivity contribution is 0.469. The number of nitrogens with zero attached hydrogens (tertiary/aromatic N) is 4. The third-order valence-electron chi connectivity index (χ3n) is 4.55. The molecular formula is C14H34N4P2Si2. The first kappa shape index (κ1) is 17.9. The fraction of sp³-hybridized carbons (Fsp3) is 1.00. The molecule has 22 heavy (non-hydrogen) atoms. The molecule has 0 atom stereocenters. The molecule has 0 N–H and O–H groups in total. The van der Waals surface area contributed by atoms with Crippen LogP contribution in [0.3, 0.4) is 0 Å². The van der Waals surface area contributed by atoms with Crippen molar-refractivity contribution in [3.05, 3.63) is 0 Å². The number of hydrogen-bond acceptors (Lipinski definition) is 4. The van der Waals surface area contributed by atoms with E-state index in [0.717, 1.165) is 0 Å². The maximum atomic E-state index is 3.08. The largest absolute Gasteiger partial charge is 0.258 e. The van der Waals surface area contributed by atoms with Gasteiger partial charge in [-0.05, 0) is 25.7 Å². The maximum absolute atomic E-state index is 3.08. The van der Waals surface area contributed by atoms with Gasteiger partial charge in [-0.25, -0.2) is 8.21 Å². The zero-order valence-corrected chi connectivity index (χ0v) is 19.1. The molecule has 0 unspecified atom stereocenters. The molecule has 0 radical (unpaired) electrons. The van der Waals surface area contributed by atoms with Crippen LogP contribution in [0.2, 0.25) is 39.3 Å². The SMILES string of the molecule is C[Si](C)(C)N1P(N2CCCC2)N([Si](C)(C)C)P1N1CCCC1. The first-order chi connectivity index (χ1) is 10.2. The van der Waals surface area contributed by atoms with E-state index in [0.29, 0.717) is 0 Å². The molecule has 0 spiro atoms. The van der Waals surface area contributed by atoms with Crippen molar-refractivity contribution in [3.63, 3.8) is 0 Å². The summed E-state index contributed by atoms with van der Waals surface area (Å²) in [5.41, 5.74) is 0. The fourth-order valence-corrected chi connectivity index (χ4v) is 21.7.